The van der Waals surface area contributed by atoms with Crippen LogP contribution in [0.15, 0.2) is 42.6 Å². The van der Waals surface area contributed by atoms with Gasteiger partial charge in [-0.3, -0.25) is 4.98 Å². The number of hydrogen-bond donors (Lipinski definition) is 2. The van der Waals surface area contributed by atoms with Crippen molar-refractivity contribution in [3.8, 4) is 17.2 Å². The number of nitrogens with one attached hydrogen (secondary N) is 2. The highest BCUT2D eigenvalue weighted by Gasteiger charge is 2.23. The van der Waals surface area contributed by atoms with Crippen molar-refractivity contribution in [2.75, 3.05) is 31.6 Å². The van der Waals surface area contributed by atoms with Gasteiger partial charge in [0, 0.05) is 30.2 Å². The molecule has 0 radical (unpaired) electrons. The van der Waals surface area contributed by atoms with Gasteiger partial charge in [0.1, 0.15) is 17.2 Å². The van der Waals surface area contributed by atoms with E-state index >= 15 is 0 Å². The number of nitrogens with zero attached hydrogens (tertiary/aromatic N) is 3. The van der Waals surface area contributed by atoms with E-state index < -0.39 is 0 Å². The standard InChI is InChI=1S/C27H28ClN5O3/c1-29-24-16-20-23(17-26(24)35-14-4-13-33-11-2-3-12-33)30-10-9-25(20)36-19-7-8-22(21(28)15-19)32-27(34)31-18-5-6-18/h7-10,15-18H,2-6,11-14H2,(H2,31,32,34). The number of anilines is 1. The Morgan fingerprint density at radius 1 is 1.17 bits per heavy atom. The molecule has 0 bridgehead atoms. The summed E-state index contributed by atoms with van der Waals surface area (Å²) < 4.78 is 12.1. The van der Waals surface area contributed by atoms with E-state index in [0.29, 0.717) is 51.2 Å². The SMILES string of the molecule is [C-]#[N+]c1cc2c(Oc3ccc(NC(=O)NC4CC4)c(Cl)c3)ccnc2cc1OCCCN1CCCC1. The van der Waals surface area contributed by atoms with Crippen molar-refractivity contribution in [2.24, 2.45) is 0 Å². The molecule has 1 aromatic heterocycles. The third kappa shape index (κ3) is 5.99. The van der Waals surface area contributed by atoms with Gasteiger partial charge in [-0.1, -0.05) is 11.6 Å². The highest BCUT2D eigenvalue weighted by Crippen LogP contribution is 2.38. The predicted molar refractivity (Wildman–Crippen MR) is 140 cm³/mol. The molecule has 0 atom stereocenters. The molecule has 2 heterocycles. The van der Waals surface area contributed by atoms with Gasteiger partial charge in [0.15, 0.2) is 0 Å². The van der Waals surface area contributed by atoms with Crippen LogP contribution in [0.4, 0.5) is 16.2 Å². The second-order valence-electron chi connectivity index (χ2n) is 9.13. The summed E-state index contributed by atoms with van der Waals surface area (Å²) in [6.45, 7) is 11.5. The Hall–Kier alpha value is -3.54. The summed E-state index contributed by atoms with van der Waals surface area (Å²) >= 11 is 6.39. The van der Waals surface area contributed by atoms with Gasteiger partial charge < -0.3 is 25.0 Å². The zero-order chi connectivity index (χ0) is 24.9. The number of amides is 2. The van der Waals surface area contributed by atoms with Crippen molar-refractivity contribution in [1.82, 2.24) is 15.2 Å². The predicted octanol–water partition coefficient (Wildman–Crippen LogP) is 6.38. The van der Waals surface area contributed by atoms with Crippen molar-refractivity contribution < 1.29 is 14.3 Å². The van der Waals surface area contributed by atoms with E-state index in [1.165, 1.54) is 12.8 Å². The molecule has 1 aliphatic heterocycles. The first-order valence-electron chi connectivity index (χ1n) is 12.3. The summed E-state index contributed by atoms with van der Waals surface area (Å²) in [5.74, 6) is 1.59. The summed E-state index contributed by atoms with van der Waals surface area (Å²) in [5, 5.41) is 6.70. The number of halogens is 1. The van der Waals surface area contributed by atoms with E-state index in [1.54, 1.807) is 42.6 Å². The molecular formula is C27H28ClN5O3. The molecule has 9 heteroatoms. The van der Waals surface area contributed by atoms with Crippen LogP contribution in [0.25, 0.3) is 15.7 Å². The monoisotopic (exact) mass is 505 g/mol. The van der Waals surface area contributed by atoms with E-state index in [1.807, 2.05) is 0 Å². The van der Waals surface area contributed by atoms with E-state index in [0.717, 1.165) is 38.9 Å². The number of carbonyl (C=O) groups is 1. The van der Waals surface area contributed by atoms with Crippen LogP contribution in [0.5, 0.6) is 17.2 Å². The number of hydrogen-bond acceptors (Lipinski definition) is 5. The van der Waals surface area contributed by atoms with Gasteiger partial charge in [-0.2, -0.15) is 0 Å². The average molecular weight is 506 g/mol. The van der Waals surface area contributed by atoms with E-state index in [2.05, 4.69) is 25.4 Å². The Labute approximate surface area is 215 Å². The largest absolute Gasteiger partial charge is 0.504 e. The van der Waals surface area contributed by atoms with Gasteiger partial charge in [-0.25, -0.2) is 9.64 Å². The lowest BCUT2D eigenvalue weighted by Crippen LogP contribution is -2.30. The molecule has 2 fully saturated rings. The summed E-state index contributed by atoms with van der Waals surface area (Å²) in [5.41, 5.74) is 1.60. The van der Waals surface area contributed by atoms with E-state index in [4.69, 9.17) is 27.6 Å². The van der Waals surface area contributed by atoms with Gasteiger partial charge in [0.05, 0.1) is 29.4 Å². The summed E-state index contributed by atoms with van der Waals surface area (Å²) in [4.78, 5) is 22.6. The molecule has 36 heavy (non-hydrogen) atoms. The quantitative estimate of drug-likeness (QED) is 0.260. The molecule has 0 unspecified atom stereocenters. The lowest BCUT2D eigenvalue weighted by molar-refractivity contribution is 0.251. The first-order valence-corrected chi connectivity index (χ1v) is 12.7. The highest BCUT2D eigenvalue weighted by atomic mass is 35.5. The fraction of sp³-hybridized carbons (Fsp3) is 0.370. The molecule has 1 aliphatic carbocycles. The van der Waals surface area contributed by atoms with E-state index in [-0.39, 0.29) is 12.1 Å². The number of ether oxygens (including phenoxy) is 2. The third-order valence-electron chi connectivity index (χ3n) is 6.31. The van der Waals surface area contributed by atoms with Crippen LogP contribution in [0.3, 0.4) is 0 Å². The lowest BCUT2D eigenvalue weighted by atomic mass is 10.1. The number of aromatic nitrogens is 1. The maximum absolute atomic E-state index is 12.0. The molecule has 2 N–H and O–H groups in total. The van der Waals surface area contributed by atoms with Gasteiger partial charge >= 0.3 is 6.03 Å². The van der Waals surface area contributed by atoms with Crippen LogP contribution >= 0.6 is 11.6 Å². The topological polar surface area (TPSA) is 80.1 Å². The number of rotatable bonds is 9. The highest BCUT2D eigenvalue weighted by molar-refractivity contribution is 6.33. The Morgan fingerprint density at radius 3 is 2.75 bits per heavy atom. The average Bonchev–Trinajstić information content (AvgIpc) is 3.53. The minimum Gasteiger partial charge on any atom is -0.504 e. The minimum absolute atomic E-state index is 0.257. The number of urea groups is 1. The zero-order valence-corrected chi connectivity index (χ0v) is 20.7. The van der Waals surface area contributed by atoms with Crippen LogP contribution < -0.4 is 20.1 Å². The Bertz CT molecular complexity index is 1300. The summed E-state index contributed by atoms with van der Waals surface area (Å²) in [7, 11) is 0. The Morgan fingerprint density at radius 2 is 2.00 bits per heavy atom. The molecule has 3 aromatic rings. The molecule has 0 spiro atoms. The first kappa shape index (κ1) is 24.2. The molecule has 2 aromatic carbocycles. The third-order valence-corrected chi connectivity index (χ3v) is 6.62. The second-order valence-corrected chi connectivity index (χ2v) is 9.53. The normalized spacial score (nSPS) is 15.4. The Kier molecular flexibility index (Phi) is 7.40. The van der Waals surface area contributed by atoms with Crippen molar-refractivity contribution in [3.05, 3.63) is 59.0 Å². The number of benzene rings is 2. The van der Waals surface area contributed by atoms with Crippen LogP contribution in [0.2, 0.25) is 5.02 Å². The number of carbonyl (C=O) groups excluding carboxylic acids is 1. The van der Waals surface area contributed by atoms with Crippen molar-refractivity contribution in [2.45, 2.75) is 38.1 Å². The molecule has 186 valence electrons. The fourth-order valence-electron chi connectivity index (χ4n) is 4.26. The Balaban J connectivity index is 1.28. The molecule has 2 amide bonds. The molecule has 8 nitrogen and oxygen atoms in total. The maximum atomic E-state index is 12.0. The van der Waals surface area contributed by atoms with Gasteiger partial charge in [0.25, 0.3) is 0 Å². The van der Waals surface area contributed by atoms with Crippen molar-refractivity contribution in [1.29, 1.82) is 0 Å². The van der Waals surface area contributed by atoms with Gasteiger partial charge in [-0.05, 0) is 75.5 Å². The van der Waals surface area contributed by atoms with E-state index in [9.17, 15) is 4.79 Å². The smallest absolute Gasteiger partial charge is 0.319 e. The van der Waals surface area contributed by atoms with Gasteiger partial charge in [-0.15, -0.1) is 0 Å². The molecule has 2 aliphatic rings. The summed E-state index contributed by atoms with van der Waals surface area (Å²) in [6, 6.07) is 10.4. The van der Waals surface area contributed by atoms with Crippen molar-refractivity contribution >= 4 is 39.9 Å². The van der Waals surface area contributed by atoms with Crippen LogP contribution in [0, 0.1) is 6.57 Å². The maximum Gasteiger partial charge on any atom is 0.319 e. The first-order chi connectivity index (χ1) is 17.6. The minimum atomic E-state index is -0.270. The molecule has 1 saturated heterocycles. The fourth-order valence-corrected chi connectivity index (χ4v) is 4.48. The number of pyridine rings is 1. The summed E-state index contributed by atoms with van der Waals surface area (Å²) in [6.07, 6.45) is 7.14. The van der Waals surface area contributed by atoms with Crippen LogP contribution in [-0.4, -0.2) is 48.2 Å². The van der Waals surface area contributed by atoms with Crippen LogP contribution in [-0.2, 0) is 0 Å². The van der Waals surface area contributed by atoms with Crippen LogP contribution in [0.1, 0.15) is 32.1 Å². The lowest BCUT2D eigenvalue weighted by Gasteiger charge is -2.15. The number of likely N-dealkylation sites (tertiary alicyclic amines) is 1. The van der Waals surface area contributed by atoms with Gasteiger partial charge in [0.2, 0.25) is 5.69 Å². The molecule has 1 saturated carbocycles. The zero-order valence-electron chi connectivity index (χ0n) is 19.9. The second kappa shape index (κ2) is 11.0. The van der Waals surface area contributed by atoms with Crippen molar-refractivity contribution in [3.63, 3.8) is 0 Å². The molecule has 5 rings (SSSR count). The number of fused-ring (bicyclic) bond motifs is 1. The molecular weight excluding hydrogens is 478 g/mol.